The second-order valence-electron chi connectivity index (χ2n) is 7.28. The highest BCUT2D eigenvalue weighted by atomic mass is 16.5. The predicted octanol–water partition coefficient (Wildman–Crippen LogP) is 2.60. The average Bonchev–Trinajstić information content (AvgIpc) is 2.98. The third-order valence-electron chi connectivity index (χ3n) is 5.34. The molecule has 1 aromatic carbocycles. The summed E-state index contributed by atoms with van der Waals surface area (Å²) in [7, 11) is 0. The quantitative estimate of drug-likeness (QED) is 0.644. The van der Waals surface area contributed by atoms with Crippen LogP contribution in [0.2, 0.25) is 0 Å². The maximum atomic E-state index is 13.1. The van der Waals surface area contributed by atoms with E-state index in [9.17, 15) is 9.59 Å². The number of hydrogen-bond donors (Lipinski definition) is 0. The topological polar surface area (TPSA) is 53.1 Å². The van der Waals surface area contributed by atoms with Crippen LogP contribution in [0.3, 0.4) is 0 Å². The van der Waals surface area contributed by atoms with Gasteiger partial charge in [0.05, 0.1) is 12.2 Å². The number of carbonyl (C=O) groups excluding carboxylic acids is 2. The van der Waals surface area contributed by atoms with Crippen LogP contribution in [-0.2, 0) is 9.59 Å². The van der Waals surface area contributed by atoms with E-state index in [1.165, 1.54) is 4.90 Å². The number of hydrogen-bond acceptors (Lipinski definition) is 5. The molecule has 0 bridgehead atoms. The van der Waals surface area contributed by atoms with Crippen LogP contribution in [0.15, 0.2) is 30.0 Å². The van der Waals surface area contributed by atoms with Crippen molar-refractivity contribution in [3.05, 3.63) is 35.5 Å². The van der Waals surface area contributed by atoms with Gasteiger partial charge in [-0.3, -0.25) is 14.5 Å². The van der Waals surface area contributed by atoms with Crippen molar-refractivity contribution < 1.29 is 14.3 Å². The lowest BCUT2D eigenvalue weighted by molar-refractivity contribution is -0.137. The van der Waals surface area contributed by atoms with Crippen molar-refractivity contribution in [1.29, 1.82) is 0 Å². The minimum atomic E-state index is -0.179. The first-order valence-corrected chi connectivity index (χ1v) is 10.4. The van der Waals surface area contributed by atoms with Gasteiger partial charge in [0.1, 0.15) is 11.4 Å². The van der Waals surface area contributed by atoms with E-state index in [1.54, 1.807) is 0 Å². The van der Waals surface area contributed by atoms with Crippen molar-refractivity contribution in [2.24, 2.45) is 0 Å². The largest absolute Gasteiger partial charge is 0.494 e. The van der Waals surface area contributed by atoms with Gasteiger partial charge in [0.2, 0.25) is 0 Å². The second kappa shape index (κ2) is 9.24. The molecule has 0 N–H and O–H groups in total. The van der Waals surface area contributed by atoms with Crippen LogP contribution in [0.4, 0.5) is 0 Å². The van der Waals surface area contributed by atoms with Crippen LogP contribution in [0.25, 0.3) is 5.57 Å². The summed E-state index contributed by atoms with van der Waals surface area (Å²) in [5.41, 5.74) is 1.88. The molecule has 3 rings (SSSR count). The third-order valence-corrected chi connectivity index (χ3v) is 5.34. The number of ether oxygens (including phenoxy) is 1. The Labute approximate surface area is 167 Å². The van der Waals surface area contributed by atoms with Crippen molar-refractivity contribution in [3.63, 3.8) is 0 Å². The summed E-state index contributed by atoms with van der Waals surface area (Å²) >= 11 is 0. The Hall–Kier alpha value is -2.34. The predicted molar refractivity (Wildman–Crippen MR) is 110 cm³/mol. The molecule has 0 atom stereocenters. The minimum Gasteiger partial charge on any atom is -0.494 e. The molecule has 28 heavy (non-hydrogen) atoms. The van der Waals surface area contributed by atoms with Gasteiger partial charge in [-0.15, -0.1) is 0 Å². The lowest BCUT2D eigenvalue weighted by Gasteiger charge is -2.36. The van der Waals surface area contributed by atoms with Gasteiger partial charge in [0.25, 0.3) is 11.8 Å². The summed E-state index contributed by atoms with van der Waals surface area (Å²) in [4.78, 5) is 32.1. The van der Waals surface area contributed by atoms with Gasteiger partial charge < -0.3 is 14.5 Å². The highest BCUT2D eigenvalue weighted by Gasteiger charge is 2.41. The Morgan fingerprint density at radius 1 is 0.893 bits per heavy atom. The summed E-state index contributed by atoms with van der Waals surface area (Å²) in [6.45, 7) is 11.7. The maximum absolute atomic E-state index is 13.1. The molecule has 6 nitrogen and oxygen atoms in total. The molecule has 0 unspecified atom stereocenters. The van der Waals surface area contributed by atoms with Crippen LogP contribution in [0.1, 0.15) is 39.2 Å². The molecular formula is C22H31N3O3. The van der Waals surface area contributed by atoms with Crippen molar-refractivity contribution >= 4 is 17.4 Å². The number of amides is 2. The zero-order chi connectivity index (χ0) is 20.1. The molecule has 2 heterocycles. The lowest BCUT2D eigenvalue weighted by Crippen LogP contribution is -2.47. The smallest absolute Gasteiger partial charge is 0.277 e. The highest BCUT2D eigenvalue weighted by molar-refractivity contribution is 6.35. The van der Waals surface area contributed by atoms with Gasteiger partial charge in [-0.25, -0.2) is 0 Å². The lowest BCUT2D eigenvalue weighted by atomic mass is 10.0. The summed E-state index contributed by atoms with van der Waals surface area (Å²) in [5, 5.41) is 0. The van der Waals surface area contributed by atoms with Gasteiger partial charge >= 0.3 is 0 Å². The van der Waals surface area contributed by atoms with Gasteiger partial charge in [0, 0.05) is 32.7 Å². The van der Waals surface area contributed by atoms with E-state index in [4.69, 9.17) is 4.74 Å². The number of nitrogens with zero attached hydrogens (tertiary/aromatic N) is 3. The van der Waals surface area contributed by atoms with Crippen molar-refractivity contribution in [3.8, 4) is 5.75 Å². The van der Waals surface area contributed by atoms with Crippen molar-refractivity contribution in [1.82, 2.24) is 14.7 Å². The minimum absolute atomic E-state index is 0.155. The summed E-state index contributed by atoms with van der Waals surface area (Å²) in [5.74, 6) is 0.451. The highest BCUT2D eigenvalue weighted by Crippen LogP contribution is 2.33. The molecule has 1 saturated heterocycles. The fourth-order valence-corrected chi connectivity index (χ4v) is 3.77. The summed E-state index contributed by atoms with van der Waals surface area (Å²) in [6, 6.07) is 7.54. The standard InChI is InChI=1S/C22H31N3O3/c1-4-11-25-21(26)19(17-7-9-18(10-8-17)28-16-5-2)20(22(25)27)24-14-12-23(6-3)13-15-24/h7-10H,4-6,11-16H2,1-3H3. The first-order chi connectivity index (χ1) is 13.6. The molecule has 2 amide bonds. The van der Waals surface area contributed by atoms with E-state index in [2.05, 4.69) is 23.6 Å². The zero-order valence-corrected chi connectivity index (χ0v) is 17.2. The maximum Gasteiger partial charge on any atom is 0.277 e. The van der Waals surface area contributed by atoms with Crippen LogP contribution in [0.5, 0.6) is 5.75 Å². The van der Waals surface area contributed by atoms with E-state index in [1.807, 2.05) is 31.2 Å². The Bertz CT molecular complexity index is 734. The number of likely N-dealkylation sites (N-methyl/N-ethyl adjacent to an activating group) is 1. The molecule has 2 aliphatic rings. The molecule has 152 valence electrons. The fourth-order valence-electron chi connectivity index (χ4n) is 3.77. The van der Waals surface area contributed by atoms with Gasteiger partial charge in [0.15, 0.2) is 0 Å². The number of imide groups is 1. The molecule has 2 aliphatic heterocycles. The molecule has 0 spiro atoms. The molecule has 0 radical (unpaired) electrons. The normalized spacial score (nSPS) is 18.4. The van der Waals surface area contributed by atoms with E-state index in [0.717, 1.165) is 56.9 Å². The number of benzene rings is 1. The van der Waals surface area contributed by atoms with Crippen LogP contribution in [-0.4, -0.2) is 72.4 Å². The molecule has 0 aliphatic carbocycles. The molecule has 1 aromatic rings. The van der Waals surface area contributed by atoms with Crippen LogP contribution in [0, 0.1) is 0 Å². The second-order valence-corrected chi connectivity index (χ2v) is 7.28. The Morgan fingerprint density at radius 3 is 2.14 bits per heavy atom. The molecule has 0 aromatic heterocycles. The Kier molecular flexibility index (Phi) is 6.73. The van der Waals surface area contributed by atoms with E-state index < -0.39 is 0 Å². The molecule has 1 fully saturated rings. The van der Waals surface area contributed by atoms with E-state index >= 15 is 0 Å². The summed E-state index contributed by atoms with van der Waals surface area (Å²) in [6.07, 6.45) is 1.70. The Morgan fingerprint density at radius 2 is 1.57 bits per heavy atom. The Balaban J connectivity index is 1.93. The number of carbonyl (C=O) groups is 2. The first-order valence-electron chi connectivity index (χ1n) is 10.4. The SMILES string of the molecule is CCCOc1ccc(C2=C(N3CCN(CC)CC3)C(=O)N(CCC)C2=O)cc1. The number of piperazine rings is 1. The number of rotatable bonds is 8. The van der Waals surface area contributed by atoms with Crippen LogP contribution < -0.4 is 4.74 Å². The van der Waals surface area contributed by atoms with Crippen molar-refractivity contribution in [2.75, 3.05) is 45.9 Å². The fraction of sp³-hybridized carbons (Fsp3) is 0.545. The summed E-state index contributed by atoms with van der Waals surface area (Å²) < 4.78 is 5.65. The van der Waals surface area contributed by atoms with Gasteiger partial charge in [-0.2, -0.15) is 0 Å². The van der Waals surface area contributed by atoms with E-state index in [-0.39, 0.29) is 11.8 Å². The zero-order valence-electron chi connectivity index (χ0n) is 17.2. The van der Waals surface area contributed by atoms with Crippen molar-refractivity contribution in [2.45, 2.75) is 33.6 Å². The monoisotopic (exact) mass is 385 g/mol. The third kappa shape index (κ3) is 4.07. The van der Waals surface area contributed by atoms with Gasteiger partial charge in [-0.1, -0.05) is 32.9 Å². The molecule has 6 heteroatoms. The molecular weight excluding hydrogens is 354 g/mol. The van der Waals surface area contributed by atoms with Crippen LogP contribution >= 0.6 is 0 Å². The first kappa shape index (κ1) is 20.4. The van der Waals surface area contributed by atoms with E-state index in [0.29, 0.717) is 24.4 Å². The van der Waals surface area contributed by atoms with Gasteiger partial charge in [-0.05, 0) is 37.1 Å². The molecule has 0 saturated carbocycles. The average molecular weight is 386 g/mol.